The molecule has 4 heteroatoms. The Morgan fingerprint density at radius 1 is 0.426 bits per heavy atom. The van der Waals surface area contributed by atoms with Gasteiger partial charge in [0.2, 0.25) is 0 Å². The fraction of sp³-hybridized carbons (Fsp3) is 0.120. The second-order valence-corrected chi connectivity index (χ2v) is 15.9. The molecule has 0 atom stereocenters. The van der Waals surface area contributed by atoms with Gasteiger partial charge in [-0.15, -0.1) is 0 Å². The lowest BCUT2D eigenvalue weighted by molar-refractivity contribution is 0.666. The van der Waals surface area contributed by atoms with Crippen LogP contribution in [0.2, 0.25) is 0 Å². The molecule has 2 aliphatic rings. The Hall–Kier alpha value is -6.88. The van der Waals surface area contributed by atoms with Crippen LogP contribution in [0, 0.1) is 22.7 Å². The van der Waals surface area contributed by atoms with E-state index in [0.717, 1.165) is 32.8 Å². The van der Waals surface area contributed by atoms with E-state index in [1.165, 1.54) is 55.3 Å². The van der Waals surface area contributed by atoms with Gasteiger partial charge in [-0.25, -0.2) is 0 Å². The molecule has 7 aromatic carbocycles. The van der Waals surface area contributed by atoms with Crippen molar-refractivity contribution in [1.29, 1.82) is 10.5 Å². The molecule has 0 bridgehead atoms. The van der Waals surface area contributed by atoms with Crippen molar-refractivity contribution >= 4 is 43.6 Å². The summed E-state index contributed by atoms with van der Waals surface area (Å²) in [7, 11) is 0. The molecule has 0 saturated heterocycles. The molecule has 2 heterocycles. The monoisotopic (exact) mass is 690 g/mol. The van der Waals surface area contributed by atoms with Gasteiger partial charge in [0.05, 0.1) is 44.6 Å². The molecule has 0 saturated carbocycles. The molecule has 4 nitrogen and oxygen atoms in total. The zero-order valence-corrected chi connectivity index (χ0v) is 30.5. The lowest BCUT2D eigenvalue weighted by atomic mass is 9.80. The molecule has 2 aromatic heterocycles. The summed E-state index contributed by atoms with van der Waals surface area (Å²) in [6, 6.07) is 52.2. The fourth-order valence-electron chi connectivity index (χ4n) is 10.3. The number of hydrogen-bond acceptors (Lipinski definition) is 2. The van der Waals surface area contributed by atoms with Gasteiger partial charge in [0.1, 0.15) is 12.1 Å². The molecule has 0 radical (unpaired) electrons. The number of hydrogen-bond donors (Lipinski definition) is 0. The average molecular weight is 691 g/mol. The van der Waals surface area contributed by atoms with E-state index in [2.05, 4.69) is 170 Å². The Labute approximate surface area is 313 Å². The third-order valence-electron chi connectivity index (χ3n) is 12.5. The minimum absolute atomic E-state index is 0.216. The molecule has 2 aliphatic carbocycles. The van der Waals surface area contributed by atoms with Crippen LogP contribution in [0.4, 0.5) is 0 Å². The molecule has 0 N–H and O–H groups in total. The molecule has 9 aromatic rings. The first-order valence-corrected chi connectivity index (χ1v) is 18.6. The highest BCUT2D eigenvalue weighted by Crippen LogP contribution is 2.55. The van der Waals surface area contributed by atoms with Gasteiger partial charge >= 0.3 is 0 Å². The Kier molecular flexibility index (Phi) is 5.90. The molecular weight excluding hydrogens is 657 g/mol. The van der Waals surface area contributed by atoms with Crippen LogP contribution in [-0.4, -0.2) is 9.13 Å². The van der Waals surface area contributed by atoms with E-state index in [1.807, 2.05) is 12.1 Å². The summed E-state index contributed by atoms with van der Waals surface area (Å²) in [5, 5.41) is 26.6. The van der Waals surface area contributed by atoms with Crippen LogP contribution in [0.15, 0.2) is 133 Å². The quantitative estimate of drug-likeness (QED) is 0.181. The van der Waals surface area contributed by atoms with Crippen LogP contribution in [0.25, 0.3) is 77.2 Å². The summed E-state index contributed by atoms with van der Waals surface area (Å²) < 4.78 is 4.40. The molecule has 11 rings (SSSR count). The van der Waals surface area contributed by atoms with Gasteiger partial charge in [-0.3, -0.25) is 0 Å². The second-order valence-electron chi connectivity index (χ2n) is 15.9. The highest BCUT2D eigenvalue weighted by molar-refractivity contribution is 6.16. The van der Waals surface area contributed by atoms with Crippen molar-refractivity contribution in [3.05, 3.63) is 167 Å². The highest BCUT2D eigenvalue weighted by atomic mass is 15.0. The van der Waals surface area contributed by atoms with Gasteiger partial charge in [-0.1, -0.05) is 125 Å². The number of nitriles is 2. The van der Waals surface area contributed by atoms with Crippen molar-refractivity contribution in [2.24, 2.45) is 0 Å². The number of benzene rings is 7. The van der Waals surface area contributed by atoms with Crippen LogP contribution in [0.5, 0.6) is 0 Å². The molecule has 0 unspecified atom stereocenters. The van der Waals surface area contributed by atoms with Gasteiger partial charge in [0.25, 0.3) is 0 Å². The third-order valence-corrected chi connectivity index (χ3v) is 12.5. The summed E-state index contributed by atoms with van der Waals surface area (Å²) in [4.78, 5) is 0. The Morgan fingerprint density at radius 3 is 1.24 bits per heavy atom. The van der Waals surface area contributed by atoms with E-state index in [-0.39, 0.29) is 10.8 Å². The average Bonchev–Trinajstić information content (AvgIpc) is 3.86. The molecule has 54 heavy (non-hydrogen) atoms. The topological polar surface area (TPSA) is 57.4 Å². The maximum absolute atomic E-state index is 11.0. The second kappa shape index (κ2) is 10.4. The van der Waals surface area contributed by atoms with Crippen LogP contribution in [0.1, 0.15) is 61.1 Å². The van der Waals surface area contributed by atoms with Gasteiger partial charge in [0, 0.05) is 32.4 Å². The largest absolute Gasteiger partial charge is 0.308 e. The highest BCUT2D eigenvalue weighted by Gasteiger charge is 2.39. The maximum atomic E-state index is 11.0. The minimum Gasteiger partial charge on any atom is -0.308 e. The molecular formula is C50H34N4. The summed E-state index contributed by atoms with van der Waals surface area (Å²) >= 11 is 0. The number of fused-ring (bicyclic) bond motifs is 14. The third kappa shape index (κ3) is 3.65. The van der Waals surface area contributed by atoms with E-state index in [4.69, 9.17) is 0 Å². The predicted molar refractivity (Wildman–Crippen MR) is 220 cm³/mol. The van der Waals surface area contributed by atoms with Crippen molar-refractivity contribution in [2.45, 2.75) is 38.5 Å². The van der Waals surface area contributed by atoms with Crippen LogP contribution < -0.4 is 0 Å². The lowest BCUT2D eigenvalue weighted by Crippen LogP contribution is -2.15. The van der Waals surface area contributed by atoms with E-state index >= 15 is 0 Å². The first-order chi connectivity index (χ1) is 26.3. The Morgan fingerprint density at radius 2 is 0.815 bits per heavy atom. The van der Waals surface area contributed by atoms with Gasteiger partial charge in [0.15, 0.2) is 0 Å². The van der Waals surface area contributed by atoms with Crippen LogP contribution in [-0.2, 0) is 10.8 Å². The zero-order chi connectivity index (χ0) is 36.7. The predicted octanol–water partition coefficient (Wildman–Crippen LogP) is 12.2. The maximum Gasteiger partial charge on any atom is 0.101 e. The van der Waals surface area contributed by atoms with Crippen LogP contribution in [0.3, 0.4) is 0 Å². The molecule has 0 spiro atoms. The van der Waals surface area contributed by atoms with Gasteiger partial charge < -0.3 is 9.13 Å². The van der Waals surface area contributed by atoms with Gasteiger partial charge in [-0.2, -0.15) is 10.5 Å². The summed E-state index contributed by atoms with van der Waals surface area (Å²) in [6.07, 6.45) is 0. The summed E-state index contributed by atoms with van der Waals surface area (Å²) in [5.74, 6) is 0. The van der Waals surface area contributed by atoms with Gasteiger partial charge in [-0.05, 0) is 80.9 Å². The Balaban J connectivity index is 1.20. The SMILES string of the molecule is CC1(C)c2ccccc2-c2ccc3c(c21)c1ccccc1n3-c1cc(C#N)c(-n2c3ccccc3c3c4c(ccc32)-c2ccccc2C4(C)C)cc1C#N. The smallest absolute Gasteiger partial charge is 0.101 e. The van der Waals surface area contributed by atoms with E-state index < -0.39 is 0 Å². The van der Waals surface area contributed by atoms with E-state index in [9.17, 15) is 10.5 Å². The molecule has 0 amide bonds. The first kappa shape index (κ1) is 30.7. The summed E-state index contributed by atoms with van der Waals surface area (Å²) in [5.41, 5.74) is 16.4. The fourth-order valence-corrected chi connectivity index (χ4v) is 10.3. The minimum atomic E-state index is -0.216. The Bertz CT molecular complexity index is 3020. The van der Waals surface area contributed by atoms with Crippen molar-refractivity contribution < 1.29 is 0 Å². The molecule has 254 valence electrons. The lowest BCUT2D eigenvalue weighted by Gasteiger charge is -2.23. The first-order valence-electron chi connectivity index (χ1n) is 18.6. The van der Waals surface area contributed by atoms with E-state index in [1.54, 1.807) is 0 Å². The van der Waals surface area contributed by atoms with Crippen LogP contribution >= 0.6 is 0 Å². The number of para-hydroxylation sites is 2. The number of rotatable bonds is 2. The number of aromatic nitrogens is 2. The van der Waals surface area contributed by atoms with Crippen molar-refractivity contribution in [3.63, 3.8) is 0 Å². The van der Waals surface area contributed by atoms with Crippen molar-refractivity contribution in [2.75, 3.05) is 0 Å². The number of nitrogens with zero attached hydrogens (tertiary/aromatic N) is 4. The summed E-state index contributed by atoms with van der Waals surface area (Å²) in [6.45, 7) is 9.25. The molecule has 0 aliphatic heterocycles. The zero-order valence-electron chi connectivity index (χ0n) is 30.5. The normalized spacial score (nSPS) is 14.6. The standard InChI is InChI=1S/C50H34N4/c1-49(2)37-17-9-5-13-31(37)33-21-23-41-45(47(33)49)35-15-7-11-19-39(35)53(41)43-25-30(28-52)44(26-29(43)27-51)54-40-20-12-8-16-36(40)46-42(54)24-22-34-32-14-6-10-18-38(32)50(3,4)48(34)46/h5-26H,1-4H3. The van der Waals surface area contributed by atoms with Crippen molar-refractivity contribution in [1.82, 2.24) is 9.13 Å². The molecule has 0 fully saturated rings. The van der Waals surface area contributed by atoms with E-state index in [0.29, 0.717) is 22.5 Å². The van der Waals surface area contributed by atoms with Crippen molar-refractivity contribution in [3.8, 4) is 45.8 Å².